The Balaban J connectivity index is 2.39. The van der Waals surface area contributed by atoms with Crippen LogP contribution in [-0.2, 0) is 20.1 Å². The first-order valence-electron chi connectivity index (χ1n) is 6.11. The highest BCUT2D eigenvalue weighted by atomic mass is 32.2. The Morgan fingerprint density at radius 1 is 1.22 bits per heavy atom. The van der Waals surface area contributed by atoms with Crippen LogP contribution in [-0.4, -0.2) is 15.0 Å². The predicted octanol–water partition coefficient (Wildman–Crippen LogP) is 3.28. The minimum absolute atomic E-state index is 0.0753. The van der Waals surface area contributed by atoms with E-state index in [4.69, 9.17) is 4.18 Å². The van der Waals surface area contributed by atoms with Crippen LogP contribution in [0.5, 0.6) is 0 Å². The van der Waals surface area contributed by atoms with E-state index in [1.54, 1.807) is 12.1 Å². The van der Waals surface area contributed by atoms with Crippen molar-refractivity contribution in [3.63, 3.8) is 0 Å². The van der Waals surface area contributed by atoms with E-state index in [1.165, 1.54) is 0 Å². The Labute approximate surface area is 110 Å². The van der Waals surface area contributed by atoms with Gasteiger partial charge in [0.25, 0.3) is 10.1 Å². The monoisotopic (exact) mass is 268 g/mol. The molecule has 0 saturated heterocycles. The zero-order valence-electron chi connectivity index (χ0n) is 10.8. The van der Waals surface area contributed by atoms with Gasteiger partial charge >= 0.3 is 0 Å². The van der Waals surface area contributed by atoms with Gasteiger partial charge in [-0.3, -0.25) is 4.18 Å². The summed E-state index contributed by atoms with van der Waals surface area (Å²) in [5, 5.41) is 0. The smallest absolute Gasteiger partial charge is 0.270 e. The van der Waals surface area contributed by atoms with E-state index in [1.807, 2.05) is 18.2 Å². The van der Waals surface area contributed by atoms with Crippen molar-refractivity contribution in [1.82, 2.24) is 0 Å². The topological polar surface area (TPSA) is 43.4 Å². The molecule has 0 unspecified atom stereocenters. The van der Waals surface area contributed by atoms with Crippen LogP contribution in [0.4, 0.5) is 0 Å². The molecule has 0 aliphatic heterocycles. The van der Waals surface area contributed by atoms with Gasteiger partial charge in [0, 0.05) is 0 Å². The van der Waals surface area contributed by atoms with Crippen LogP contribution < -0.4 is 0 Å². The third kappa shape index (κ3) is 5.98. The number of hydrogen-bond donors (Lipinski definition) is 0. The Morgan fingerprint density at radius 2 is 1.89 bits per heavy atom. The van der Waals surface area contributed by atoms with Crippen LogP contribution in [0.25, 0.3) is 0 Å². The summed E-state index contributed by atoms with van der Waals surface area (Å²) in [6.45, 7) is 6.13. The second-order valence-electron chi connectivity index (χ2n) is 4.26. The summed E-state index contributed by atoms with van der Waals surface area (Å²) >= 11 is 0. The summed E-state index contributed by atoms with van der Waals surface area (Å²) in [4.78, 5) is 0. The summed E-state index contributed by atoms with van der Waals surface area (Å²) in [5.41, 5.74) is 1.78. The lowest BCUT2D eigenvalue weighted by Gasteiger charge is -2.07. The third-order valence-electron chi connectivity index (χ3n) is 2.51. The fourth-order valence-electron chi connectivity index (χ4n) is 1.61. The van der Waals surface area contributed by atoms with E-state index in [0.29, 0.717) is 6.42 Å². The van der Waals surface area contributed by atoms with Crippen molar-refractivity contribution in [2.45, 2.75) is 31.9 Å². The zero-order chi connectivity index (χ0) is 13.4. The third-order valence-corrected chi connectivity index (χ3v) is 3.72. The molecule has 0 amide bonds. The van der Waals surface area contributed by atoms with Crippen molar-refractivity contribution in [3.8, 4) is 0 Å². The van der Waals surface area contributed by atoms with Gasteiger partial charge in [-0.05, 0) is 18.4 Å². The molecule has 0 aliphatic carbocycles. The molecule has 0 saturated carbocycles. The average molecular weight is 268 g/mol. The molecule has 0 fully saturated rings. The van der Waals surface area contributed by atoms with Crippen molar-refractivity contribution in [2.75, 3.05) is 6.61 Å². The summed E-state index contributed by atoms with van der Waals surface area (Å²) in [6, 6.07) is 9.03. The molecule has 0 atom stereocenters. The first-order chi connectivity index (χ1) is 8.53. The van der Waals surface area contributed by atoms with Crippen LogP contribution in [0.15, 0.2) is 42.5 Å². The highest BCUT2D eigenvalue weighted by molar-refractivity contribution is 7.85. The van der Waals surface area contributed by atoms with E-state index >= 15 is 0 Å². The first kappa shape index (κ1) is 14.9. The van der Waals surface area contributed by atoms with Gasteiger partial charge in [-0.1, -0.05) is 55.8 Å². The molecule has 100 valence electrons. The molecule has 0 aliphatic rings. The van der Waals surface area contributed by atoms with Crippen molar-refractivity contribution < 1.29 is 12.6 Å². The molecule has 1 aromatic carbocycles. The van der Waals surface area contributed by atoms with Crippen LogP contribution >= 0.6 is 0 Å². The molecule has 0 aromatic heterocycles. The van der Waals surface area contributed by atoms with E-state index < -0.39 is 10.1 Å². The Bertz CT molecular complexity index is 463. The largest absolute Gasteiger partial charge is 0.271 e. The standard InChI is InChI=1S/C14H20O3S/c1-3-7-13(2)10-11-17-18(15,16)12-14-8-5-4-6-9-14/h4-6,8-9H,2-3,7,10-12H2,1H3. The molecule has 3 nitrogen and oxygen atoms in total. The second kappa shape index (κ2) is 7.34. The van der Waals surface area contributed by atoms with E-state index in [9.17, 15) is 8.42 Å². The van der Waals surface area contributed by atoms with Crippen LogP contribution in [0.3, 0.4) is 0 Å². The lowest BCUT2D eigenvalue weighted by molar-refractivity contribution is 0.320. The highest BCUT2D eigenvalue weighted by Gasteiger charge is 2.12. The SMILES string of the molecule is C=C(CCC)CCOS(=O)(=O)Cc1ccccc1. The molecular weight excluding hydrogens is 248 g/mol. The van der Waals surface area contributed by atoms with Crippen molar-refractivity contribution >= 4 is 10.1 Å². The van der Waals surface area contributed by atoms with Gasteiger partial charge in [0.2, 0.25) is 0 Å². The summed E-state index contributed by atoms with van der Waals surface area (Å²) in [6.07, 6.45) is 2.54. The summed E-state index contributed by atoms with van der Waals surface area (Å²) < 4.78 is 28.3. The maximum absolute atomic E-state index is 11.7. The normalized spacial score (nSPS) is 11.4. The molecule has 4 heteroatoms. The summed E-state index contributed by atoms with van der Waals surface area (Å²) in [5.74, 6) is -0.0753. The zero-order valence-corrected chi connectivity index (χ0v) is 11.6. The van der Waals surface area contributed by atoms with Gasteiger partial charge in [0.15, 0.2) is 0 Å². The molecular formula is C14H20O3S. The van der Waals surface area contributed by atoms with Crippen LogP contribution in [0.2, 0.25) is 0 Å². The maximum atomic E-state index is 11.7. The van der Waals surface area contributed by atoms with Crippen LogP contribution in [0.1, 0.15) is 31.7 Å². The Morgan fingerprint density at radius 3 is 2.50 bits per heavy atom. The molecule has 0 bridgehead atoms. The van der Waals surface area contributed by atoms with Crippen molar-refractivity contribution in [1.29, 1.82) is 0 Å². The Kier molecular flexibility index (Phi) is 6.09. The minimum atomic E-state index is -3.49. The van der Waals surface area contributed by atoms with E-state index in [2.05, 4.69) is 13.5 Å². The van der Waals surface area contributed by atoms with Gasteiger partial charge in [0.05, 0.1) is 6.61 Å². The van der Waals surface area contributed by atoms with Crippen molar-refractivity contribution in [3.05, 3.63) is 48.0 Å². The molecule has 0 spiro atoms. The van der Waals surface area contributed by atoms with E-state index in [-0.39, 0.29) is 12.4 Å². The first-order valence-corrected chi connectivity index (χ1v) is 7.69. The average Bonchev–Trinajstić information content (AvgIpc) is 2.29. The molecule has 1 aromatic rings. The number of benzene rings is 1. The van der Waals surface area contributed by atoms with Gasteiger partial charge in [-0.2, -0.15) is 8.42 Å². The number of hydrogen-bond acceptors (Lipinski definition) is 3. The highest BCUT2D eigenvalue weighted by Crippen LogP contribution is 2.11. The van der Waals surface area contributed by atoms with E-state index in [0.717, 1.165) is 24.0 Å². The number of rotatable bonds is 8. The van der Waals surface area contributed by atoms with Crippen LogP contribution in [0, 0.1) is 0 Å². The quantitative estimate of drug-likeness (QED) is 0.537. The fourth-order valence-corrected chi connectivity index (χ4v) is 2.63. The predicted molar refractivity (Wildman–Crippen MR) is 73.7 cm³/mol. The lowest BCUT2D eigenvalue weighted by Crippen LogP contribution is -2.10. The lowest BCUT2D eigenvalue weighted by atomic mass is 10.1. The molecule has 0 heterocycles. The molecule has 0 N–H and O–H groups in total. The van der Waals surface area contributed by atoms with Gasteiger partial charge in [-0.25, -0.2) is 0 Å². The molecule has 18 heavy (non-hydrogen) atoms. The fraction of sp³-hybridized carbons (Fsp3) is 0.429. The van der Waals surface area contributed by atoms with Gasteiger partial charge < -0.3 is 0 Å². The van der Waals surface area contributed by atoms with Gasteiger partial charge in [-0.15, -0.1) is 0 Å². The van der Waals surface area contributed by atoms with Crippen molar-refractivity contribution in [2.24, 2.45) is 0 Å². The molecule has 0 radical (unpaired) electrons. The summed E-state index contributed by atoms with van der Waals surface area (Å²) in [7, 11) is -3.49. The molecule has 1 rings (SSSR count). The maximum Gasteiger partial charge on any atom is 0.271 e. The second-order valence-corrected chi connectivity index (χ2v) is 5.90. The van der Waals surface area contributed by atoms with Gasteiger partial charge in [0.1, 0.15) is 5.75 Å². The minimum Gasteiger partial charge on any atom is -0.270 e. The Hall–Kier alpha value is -1.13.